The summed E-state index contributed by atoms with van der Waals surface area (Å²) in [7, 11) is 0. The maximum Gasteiger partial charge on any atom is 0.409 e. The average Bonchev–Trinajstić information content (AvgIpc) is 2.68. The third kappa shape index (κ3) is 9.43. The third-order valence-corrected chi connectivity index (χ3v) is 3.74. The minimum Gasteiger partial charge on any atom is -0.445 e. The van der Waals surface area contributed by atoms with Crippen molar-refractivity contribution < 1.29 is 44.5 Å². The fourth-order valence-electron chi connectivity index (χ4n) is 1.89. The number of halogens is 3. The van der Waals surface area contributed by atoms with Gasteiger partial charge in [0, 0.05) is 0 Å². The molecule has 0 fully saturated rings. The van der Waals surface area contributed by atoms with Crippen molar-refractivity contribution in [3.63, 3.8) is 0 Å². The first-order valence-corrected chi connectivity index (χ1v) is 9.15. The molecule has 4 atom stereocenters. The molecule has 10 nitrogen and oxygen atoms in total. The van der Waals surface area contributed by atoms with Crippen LogP contribution in [0.5, 0.6) is 0 Å². The van der Waals surface area contributed by atoms with Gasteiger partial charge >= 0.3 is 6.09 Å². The lowest BCUT2D eigenvalue weighted by Crippen LogP contribution is -2.64. The number of carbonyl (C=O) groups is 2. The molecule has 1 aromatic rings. The first-order valence-electron chi connectivity index (χ1n) is 8.01. The SMILES string of the molecule is O=C[C@@](O)(NC(=O)OCC(Cl)(Cl)Cl)[C@@H](O)[C@H](O)[C@H](O)COOCc1ccccc1. The molecule has 0 radical (unpaired) electrons. The number of nitrogens with one attached hydrogen (secondary N) is 1. The van der Waals surface area contributed by atoms with E-state index in [9.17, 15) is 30.0 Å². The van der Waals surface area contributed by atoms with Crippen molar-refractivity contribution in [3.8, 4) is 0 Å². The molecule has 1 amide bonds. The number of hydrogen-bond donors (Lipinski definition) is 5. The van der Waals surface area contributed by atoms with E-state index in [4.69, 9.17) is 44.6 Å². The van der Waals surface area contributed by atoms with Gasteiger partial charge in [0.25, 0.3) is 0 Å². The Morgan fingerprint density at radius 1 is 1.14 bits per heavy atom. The van der Waals surface area contributed by atoms with Crippen LogP contribution in [0.3, 0.4) is 0 Å². The molecule has 29 heavy (non-hydrogen) atoms. The van der Waals surface area contributed by atoms with Crippen molar-refractivity contribution in [2.45, 2.75) is 34.4 Å². The van der Waals surface area contributed by atoms with Gasteiger partial charge in [0.2, 0.25) is 9.52 Å². The van der Waals surface area contributed by atoms with Gasteiger partial charge < -0.3 is 25.2 Å². The number of hydrogen-bond acceptors (Lipinski definition) is 9. The van der Waals surface area contributed by atoms with Crippen LogP contribution in [-0.4, -0.2) is 73.8 Å². The third-order valence-electron chi connectivity index (χ3n) is 3.41. The molecular formula is C16H20Cl3NO9. The highest BCUT2D eigenvalue weighted by molar-refractivity contribution is 6.67. The Morgan fingerprint density at radius 3 is 2.31 bits per heavy atom. The van der Waals surface area contributed by atoms with E-state index in [-0.39, 0.29) is 12.9 Å². The molecule has 0 aliphatic carbocycles. The van der Waals surface area contributed by atoms with E-state index in [2.05, 4.69) is 4.74 Å². The molecule has 0 aromatic heterocycles. The summed E-state index contributed by atoms with van der Waals surface area (Å²) in [5, 5.41) is 41.4. The van der Waals surface area contributed by atoms with Crippen LogP contribution >= 0.6 is 34.8 Å². The molecule has 0 aliphatic rings. The molecular weight excluding hydrogens is 457 g/mol. The second-order valence-electron chi connectivity index (χ2n) is 5.79. The van der Waals surface area contributed by atoms with Crippen molar-refractivity contribution in [3.05, 3.63) is 35.9 Å². The Labute approximate surface area is 180 Å². The Morgan fingerprint density at radius 2 is 1.76 bits per heavy atom. The number of alkyl carbamates (subject to hydrolysis) is 1. The molecule has 0 saturated carbocycles. The van der Waals surface area contributed by atoms with E-state index in [0.29, 0.717) is 0 Å². The molecule has 13 heteroatoms. The zero-order valence-electron chi connectivity index (χ0n) is 14.8. The van der Waals surface area contributed by atoms with Gasteiger partial charge in [-0.1, -0.05) is 65.1 Å². The van der Waals surface area contributed by atoms with Gasteiger partial charge in [-0.3, -0.25) is 10.1 Å². The quantitative estimate of drug-likeness (QED) is 0.0752. The number of benzene rings is 1. The first-order chi connectivity index (χ1) is 13.5. The summed E-state index contributed by atoms with van der Waals surface area (Å²) in [5.74, 6) is 0. The zero-order chi connectivity index (χ0) is 22.1. The highest BCUT2D eigenvalue weighted by Gasteiger charge is 2.44. The van der Waals surface area contributed by atoms with E-state index in [1.54, 1.807) is 35.6 Å². The molecule has 0 unspecified atom stereocenters. The first kappa shape index (κ1) is 25.8. The summed E-state index contributed by atoms with van der Waals surface area (Å²) >= 11 is 16.1. The van der Waals surface area contributed by atoms with Gasteiger partial charge in [-0.15, -0.1) is 0 Å². The van der Waals surface area contributed by atoms with Crippen LogP contribution in [0.2, 0.25) is 0 Å². The van der Waals surface area contributed by atoms with E-state index in [1.807, 2.05) is 0 Å². The summed E-state index contributed by atoms with van der Waals surface area (Å²) in [6.45, 7) is -1.31. The average molecular weight is 477 g/mol. The molecule has 1 rings (SSSR count). The monoisotopic (exact) mass is 475 g/mol. The molecule has 5 N–H and O–H groups in total. The number of rotatable bonds is 11. The van der Waals surface area contributed by atoms with Crippen molar-refractivity contribution >= 4 is 47.2 Å². The summed E-state index contributed by atoms with van der Waals surface area (Å²) < 4.78 is 2.49. The van der Waals surface area contributed by atoms with Gasteiger partial charge in [-0.05, 0) is 5.56 Å². The maximum atomic E-state index is 11.6. The number of amides is 1. The predicted molar refractivity (Wildman–Crippen MR) is 101 cm³/mol. The molecule has 164 valence electrons. The van der Waals surface area contributed by atoms with Crippen LogP contribution in [0.15, 0.2) is 30.3 Å². The van der Waals surface area contributed by atoms with Gasteiger partial charge in [-0.2, -0.15) is 0 Å². The number of aldehydes is 1. The molecule has 0 saturated heterocycles. The highest BCUT2D eigenvalue weighted by Crippen LogP contribution is 2.26. The maximum absolute atomic E-state index is 11.6. The summed E-state index contributed by atoms with van der Waals surface area (Å²) in [6.07, 6.45) is -8.01. The normalized spacial score (nSPS) is 16.9. The highest BCUT2D eigenvalue weighted by atomic mass is 35.6. The van der Waals surface area contributed by atoms with Crippen LogP contribution in [0.4, 0.5) is 4.79 Å². The van der Waals surface area contributed by atoms with Crippen LogP contribution in [-0.2, 0) is 25.9 Å². The van der Waals surface area contributed by atoms with Crippen molar-refractivity contribution in [1.82, 2.24) is 5.32 Å². The molecule has 0 aliphatic heterocycles. The van der Waals surface area contributed by atoms with Gasteiger partial charge in [0.1, 0.15) is 38.1 Å². The summed E-state index contributed by atoms with van der Waals surface area (Å²) in [6, 6.07) is 8.88. The lowest BCUT2D eigenvalue weighted by atomic mass is 9.99. The smallest absolute Gasteiger partial charge is 0.409 e. The van der Waals surface area contributed by atoms with Gasteiger partial charge in [0.05, 0.1) is 0 Å². The fraction of sp³-hybridized carbons (Fsp3) is 0.500. The zero-order valence-corrected chi connectivity index (χ0v) is 17.0. The van der Waals surface area contributed by atoms with E-state index in [0.717, 1.165) is 5.56 Å². The number of aliphatic hydroxyl groups is 4. The molecule has 0 spiro atoms. The van der Waals surface area contributed by atoms with E-state index in [1.165, 1.54) is 0 Å². The topological polar surface area (TPSA) is 155 Å². The van der Waals surface area contributed by atoms with Crippen molar-refractivity contribution in [1.29, 1.82) is 0 Å². The fourth-order valence-corrected chi connectivity index (χ4v) is 2.05. The Bertz CT molecular complexity index is 646. The minimum absolute atomic E-state index is 0.0427. The number of alkyl halides is 3. The summed E-state index contributed by atoms with van der Waals surface area (Å²) in [4.78, 5) is 32.3. The second kappa shape index (κ2) is 11.8. The number of ether oxygens (including phenoxy) is 1. The largest absolute Gasteiger partial charge is 0.445 e. The van der Waals surface area contributed by atoms with Crippen LogP contribution < -0.4 is 5.32 Å². The molecule has 0 bridgehead atoms. The van der Waals surface area contributed by atoms with E-state index < -0.39 is 47.1 Å². The summed E-state index contributed by atoms with van der Waals surface area (Å²) in [5.41, 5.74) is -2.24. The Kier molecular flexibility index (Phi) is 10.5. The number of aliphatic hydroxyl groups excluding tert-OH is 3. The predicted octanol–water partition coefficient (Wildman–Crippen LogP) is 0.201. The minimum atomic E-state index is -3.02. The van der Waals surface area contributed by atoms with Crippen molar-refractivity contribution in [2.24, 2.45) is 0 Å². The van der Waals surface area contributed by atoms with Gasteiger partial charge in [-0.25, -0.2) is 14.6 Å². The van der Waals surface area contributed by atoms with Crippen LogP contribution in [0.25, 0.3) is 0 Å². The van der Waals surface area contributed by atoms with Crippen LogP contribution in [0, 0.1) is 0 Å². The lowest BCUT2D eigenvalue weighted by Gasteiger charge is -2.32. The van der Waals surface area contributed by atoms with Gasteiger partial charge in [0.15, 0.2) is 6.29 Å². The number of carbonyl (C=O) groups excluding carboxylic acids is 2. The second-order valence-corrected chi connectivity index (χ2v) is 8.31. The van der Waals surface area contributed by atoms with E-state index >= 15 is 0 Å². The van der Waals surface area contributed by atoms with Crippen molar-refractivity contribution in [2.75, 3.05) is 13.2 Å². The Balaban J connectivity index is 2.52. The van der Waals surface area contributed by atoms with Crippen LogP contribution in [0.1, 0.15) is 5.56 Å². The molecule has 1 aromatic carbocycles. The molecule has 0 heterocycles. The standard InChI is InChI=1S/C16H20Cl3NO9/c17-16(18,19)9-27-14(25)20-15(26,8-21)13(24)12(23)11(22)7-29-28-6-10-4-2-1-3-5-10/h1-5,8,11-13,22-24,26H,6-7,9H2,(H,20,25)/t11-,12-,13+,15+/m1/s1. The lowest BCUT2D eigenvalue weighted by molar-refractivity contribution is -0.320. The Hall–Kier alpha value is -1.21.